The van der Waals surface area contributed by atoms with Crippen molar-refractivity contribution in [2.45, 2.75) is 25.7 Å². The van der Waals surface area contributed by atoms with Gasteiger partial charge >= 0.3 is 0 Å². The zero-order valence-corrected chi connectivity index (χ0v) is 14.8. The van der Waals surface area contributed by atoms with Crippen LogP contribution in [0.1, 0.15) is 46.5 Å². The van der Waals surface area contributed by atoms with Gasteiger partial charge in [0.05, 0.1) is 18.2 Å². The smallest absolute Gasteiger partial charge is 0.193 e. The highest BCUT2D eigenvalue weighted by atomic mass is 16.5. The van der Waals surface area contributed by atoms with Crippen molar-refractivity contribution in [3.63, 3.8) is 0 Å². The van der Waals surface area contributed by atoms with Crippen molar-refractivity contribution in [1.82, 2.24) is 0 Å². The van der Waals surface area contributed by atoms with Crippen LogP contribution in [-0.4, -0.2) is 24.1 Å². The van der Waals surface area contributed by atoms with E-state index in [2.05, 4.69) is 19.9 Å². The Bertz CT molecular complexity index is 1010. The third-order valence-electron chi connectivity index (χ3n) is 5.42. The van der Waals surface area contributed by atoms with E-state index in [1.807, 2.05) is 24.3 Å². The van der Waals surface area contributed by atoms with Gasteiger partial charge in [0.1, 0.15) is 12.4 Å². The molecule has 0 saturated carbocycles. The van der Waals surface area contributed by atoms with Gasteiger partial charge in [0.25, 0.3) is 0 Å². The first-order valence-corrected chi connectivity index (χ1v) is 8.67. The second-order valence-electron chi connectivity index (χ2n) is 7.25. The molecular formula is C22H19NO3. The average Bonchev–Trinajstić information content (AvgIpc) is 3.04. The standard InChI is InChI=1S/C22H19NO3/c1-22(2)18-11-15(26-8-7-24)4-6-17(18)21(25)20-16-5-3-13(12-23)9-14(16)10-19(20)22/h3-6,9,11,24H,7-8,10H2,1-2H3. The van der Waals surface area contributed by atoms with Crippen LogP contribution in [0.4, 0.5) is 0 Å². The molecule has 4 heteroatoms. The Labute approximate surface area is 152 Å². The molecular weight excluding hydrogens is 326 g/mol. The minimum absolute atomic E-state index is 0.0338. The number of ether oxygens (including phenoxy) is 1. The van der Waals surface area contributed by atoms with Crippen molar-refractivity contribution in [2.24, 2.45) is 0 Å². The lowest BCUT2D eigenvalue weighted by atomic mass is 9.68. The van der Waals surface area contributed by atoms with E-state index in [-0.39, 0.29) is 24.4 Å². The molecule has 2 aromatic rings. The summed E-state index contributed by atoms with van der Waals surface area (Å²) in [7, 11) is 0. The van der Waals surface area contributed by atoms with Gasteiger partial charge in [-0.05, 0) is 59.0 Å². The summed E-state index contributed by atoms with van der Waals surface area (Å²) >= 11 is 0. The van der Waals surface area contributed by atoms with Gasteiger partial charge in [0, 0.05) is 16.6 Å². The van der Waals surface area contributed by atoms with Crippen LogP contribution in [0.5, 0.6) is 5.75 Å². The number of hydrogen-bond donors (Lipinski definition) is 1. The summed E-state index contributed by atoms with van der Waals surface area (Å²) in [5.41, 5.74) is 5.82. The van der Waals surface area contributed by atoms with Crippen LogP contribution in [-0.2, 0) is 11.8 Å². The quantitative estimate of drug-likeness (QED) is 0.925. The van der Waals surface area contributed by atoms with Crippen LogP contribution in [0.3, 0.4) is 0 Å². The first kappa shape index (κ1) is 16.6. The van der Waals surface area contributed by atoms with Crippen molar-refractivity contribution < 1.29 is 14.6 Å². The summed E-state index contributed by atoms with van der Waals surface area (Å²) in [6.07, 6.45) is 0.681. The molecule has 4 rings (SSSR count). The molecule has 0 spiro atoms. The van der Waals surface area contributed by atoms with Gasteiger partial charge in [0.2, 0.25) is 0 Å². The monoisotopic (exact) mass is 345 g/mol. The first-order valence-electron chi connectivity index (χ1n) is 8.67. The number of Topliss-reactive ketones (excluding diaryl/α,β-unsaturated/α-hetero) is 1. The summed E-state index contributed by atoms with van der Waals surface area (Å²) in [6.45, 7) is 4.43. The second kappa shape index (κ2) is 5.82. The van der Waals surface area contributed by atoms with E-state index in [0.29, 0.717) is 23.3 Å². The molecule has 4 nitrogen and oxygen atoms in total. The summed E-state index contributed by atoms with van der Waals surface area (Å²) in [5, 5.41) is 18.1. The Balaban J connectivity index is 1.84. The number of carbonyl (C=O) groups excluding carboxylic acids is 1. The van der Waals surface area contributed by atoms with Gasteiger partial charge in [-0.1, -0.05) is 19.9 Å². The molecule has 0 amide bonds. The number of carbonyl (C=O) groups is 1. The Hall–Kier alpha value is -2.90. The lowest BCUT2D eigenvalue weighted by molar-refractivity contribution is 0.105. The van der Waals surface area contributed by atoms with Gasteiger partial charge in [-0.25, -0.2) is 0 Å². The fourth-order valence-electron chi connectivity index (χ4n) is 4.08. The molecule has 0 heterocycles. The number of allylic oxidation sites excluding steroid dienone is 2. The van der Waals surface area contributed by atoms with E-state index < -0.39 is 0 Å². The summed E-state index contributed by atoms with van der Waals surface area (Å²) < 4.78 is 5.54. The van der Waals surface area contributed by atoms with E-state index in [4.69, 9.17) is 15.1 Å². The average molecular weight is 345 g/mol. The maximum atomic E-state index is 13.2. The summed E-state index contributed by atoms with van der Waals surface area (Å²) in [4.78, 5) is 13.2. The third kappa shape index (κ3) is 2.28. The Kier molecular flexibility index (Phi) is 3.71. The van der Waals surface area contributed by atoms with Crippen LogP contribution in [0, 0.1) is 11.3 Å². The number of ketones is 1. The largest absolute Gasteiger partial charge is 0.491 e. The highest BCUT2D eigenvalue weighted by Crippen LogP contribution is 2.50. The van der Waals surface area contributed by atoms with Crippen LogP contribution in [0.25, 0.3) is 5.57 Å². The van der Waals surface area contributed by atoms with E-state index in [1.54, 1.807) is 12.1 Å². The molecule has 26 heavy (non-hydrogen) atoms. The van der Waals surface area contributed by atoms with Crippen molar-refractivity contribution in [3.8, 4) is 11.8 Å². The molecule has 0 atom stereocenters. The van der Waals surface area contributed by atoms with Crippen molar-refractivity contribution >= 4 is 11.4 Å². The van der Waals surface area contributed by atoms with Gasteiger partial charge in [-0.15, -0.1) is 0 Å². The van der Waals surface area contributed by atoms with Gasteiger partial charge < -0.3 is 9.84 Å². The van der Waals surface area contributed by atoms with Crippen LogP contribution in [0.2, 0.25) is 0 Å². The number of aliphatic hydroxyl groups excluding tert-OH is 1. The Morgan fingerprint density at radius 1 is 1.19 bits per heavy atom. The SMILES string of the molecule is CC1(C)C2=C(C(=O)c3ccc(OCCO)cc31)c1ccc(C#N)cc1C2. The van der Waals surface area contributed by atoms with Crippen molar-refractivity contribution in [1.29, 1.82) is 5.26 Å². The first-order chi connectivity index (χ1) is 12.5. The number of nitrogens with zero attached hydrogens (tertiary/aromatic N) is 1. The van der Waals surface area contributed by atoms with Crippen LogP contribution < -0.4 is 4.74 Å². The Morgan fingerprint density at radius 2 is 1.96 bits per heavy atom. The molecule has 2 aliphatic carbocycles. The van der Waals surface area contributed by atoms with Crippen molar-refractivity contribution in [2.75, 3.05) is 13.2 Å². The maximum Gasteiger partial charge on any atom is 0.193 e. The van der Waals surface area contributed by atoms with E-state index in [1.165, 1.54) is 0 Å². The van der Waals surface area contributed by atoms with Gasteiger partial charge in [-0.2, -0.15) is 5.26 Å². The predicted molar refractivity (Wildman–Crippen MR) is 98.2 cm³/mol. The molecule has 2 aromatic carbocycles. The minimum atomic E-state index is -0.316. The number of aliphatic hydroxyl groups is 1. The number of nitriles is 1. The molecule has 130 valence electrons. The molecule has 0 aromatic heterocycles. The number of hydrogen-bond acceptors (Lipinski definition) is 4. The number of fused-ring (bicyclic) bond motifs is 3. The molecule has 2 aliphatic rings. The number of rotatable bonds is 3. The summed E-state index contributed by atoms with van der Waals surface area (Å²) in [5.74, 6) is 0.691. The van der Waals surface area contributed by atoms with Crippen LogP contribution in [0.15, 0.2) is 42.0 Å². The fourth-order valence-corrected chi connectivity index (χ4v) is 4.08. The lowest BCUT2D eigenvalue weighted by Crippen LogP contribution is -2.29. The van der Waals surface area contributed by atoms with Crippen LogP contribution >= 0.6 is 0 Å². The zero-order valence-electron chi connectivity index (χ0n) is 14.8. The maximum absolute atomic E-state index is 13.2. The summed E-state index contributed by atoms with van der Waals surface area (Å²) in [6, 6.07) is 13.2. The second-order valence-corrected chi connectivity index (χ2v) is 7.25. The Morgan fingerprint density at radius 3 is 2.69 bits per heavy atom. The molecule has 0 unspecified atom stereocenters. The number of benzene rings is 2. The normalized spacial score (nSPS) is 16.6. The predicted octanol–water partition coefficient (Wildman–Crippen LogP) is 3.41. The molecule has 0 bridgehead atoms. The molecule has 1 N–H and O–H groups in total. The molecule has 0 fully saturated rings. The van der Waals surface area contributed by atoms with Gasteiger partial charge in [-0.3, -0.25) is 4.79 Å². The molecule has 0 aliphatic heterocycles. The van der Waals surface area contributed by atoms with E-state index >= 15 is 0 Å². The van der Waals surface area contributed by atoms with Crippen molar-refractivity contribution in [3.05, 3.63) is 69.8 Å². The zero-order chi connectivity index (χ0) is 18.5. The lowest BCUT2D eigenvalue weighted by Gasteiger charge is -2.34. The fraction of sp³-hybridized carbons (Fsp3) is 0.273. The highest BCUT2D eigenvalue weighted by molar-refractivity contribution is 6.33. The van der Waals surface area contributed by atoms with Gasteiger partial charge in [0.15, 0.2) is 5.78 Å². The van der Waals surface area contributed by atoms with E-state index in [9.17, 15) is 4.79 Å². The highest BCUT2D eigenvalue weighted by Gasteiger charge is 2.42. The molecule has 0 radical (unpaired) electrons. The topological polar surface area (TPSA) is 70.3 Å². The molecule has 0 saturated heterocycles. The third-order valence-corrected chi connectivity index (χ3v) is 5.42. The minimum Gasteiger partial charge on any atom is -0.491 e. The van der Waals surface area contributed by atoms with E-state index in [0.717, 1.165) is 27.8 Å².